The quantitative estimate of drug-likeness (QED) is 0.283. The normalized spacial score (nSPS) is 14.4. The van der Waals surface area contributed by atoms with Crippen molar-refractivity contribution in [2.75, 3.05) is 65.9 Å². The molecule has 0 saturated carbocycles. The third-order valence-electron chi connectivity index (χ3n) is 6.82. The van der Waals surface area contributed by atoms with E-state index in [2.05, 4.69) is 33.2 Å². The summed E-state index contributed by atoms with van der Waals surface area (Å²) in [6.45, 7) is 5.57. The van der Waals surface area contributed by atoms with E-state index in [4.69, 9.17) is 42.4 Å². The predicted molar refractivity (Wildman–Crippen MR) is 154 cm³/mol. The van der Waals surface area contributed by atoms with Crippen molar-refractivity contribution >= 4 is 56.5 Å². The molecule has 0 amide bonds. The van der Waals surface area contributed by atoms with Crippen LogP contribution in [0.3, 0.4) is 0 Å². The molecule has 1 saturated heterocycles. The monoisotopic (exact) mass is 566 g/mol. The molecule has 1 fully saturated rings. The van der Waals surface area contributed by atoms with Gasteiger partial charge in [0.25, 0.3) is 0 Å². The number of hydrogen-bond donors (Lipinski definition) is 1. The van der Waals surface area contributed by atoms with Gasteiger partial charge < -0.3 is 24.4 Å². The Morgan fingerprint density at radius 2 is 1.74 bits per heavy atom. The lowest BCUT2D eigenvalue weighted by molar-refractivity contribution is 0.133. The number of nitrogens with zero attached hydrogens (tertiary/aromatic N) is 5. The summed E-state index contributed by atoms with van der Waals surface area (Å²) in [6.07, 6.45) is 1.49. The van der Waals surface area contributed by atoms with Crippen molar-refractivity contribution in [2.24, 2.45) is 0 Å². The fourth-order valence-corrected chi connectivity index (χ4v) is 5.06. The summed E-state index contributed by atoms with van der Waals surface area (Å²) in [5, 5.41) is 15.3. The third-order valence-corrected chi connectivity index (χ3v) is 7.43. The van der Waals surface area contributed by atoms with Crippen molar-refractivity contribution in [3.05, 3.63) is 52.1 Å². The molecule has 4 aromatic rings. The average molecular weight is 567 g/mol. The number of piperazine rings is 1. The highest BCUT2D eigenvalue weighted by Crippen LogP contribution is 2.39. The van der Waals surface area contributed by atoms with E-state index in [-0.39, 0.29) is 0 Å². The first kappa shape index (κ1) is 27.0. The Bertz CT molecular complexity index is 1570. The molecule has 1 aliphatic heterocycles. The highest BCUT2D eigenvalue weighted by atomic mass is 35.5. The highest BCUT2D eigenvalue weighted by molar-refractivity contribution is 6.37. The van der Waals surface area contributed by atoms with Crippen LogP contribution >= 0.6 is 23.2 Å². The number of halogens is 2. The molecule has 0 radical (unpaired) electrons. The first-order valence-corrected chi connectivity index (χ1v) is 13.2. The molecule has 0 bridgehead atoms. The SMILES string of the molecule is COc1cc(Nc2c(C#N)cnc3nc4cc(OCCN5CCN(C)CC5)c(OC)cc4cc23)c(Cl)cc1Cl. The van der Waals surface area contributed by atoms with Gasteiger partial charge in [-0.1, -0.05) is 23.2 Å². The van der Waals surface area contributed by atoms with Crippen LogP contribution in [-0.2, 0) is 0 Å². The van der Waals surface area contributed by atoms with E-state index in [1.54, 1.807) is 19.2 Å². The van der Waals surface area contributed by atoms with Crippen molar-refractivity contribution in [1.82, 2.24) is 19.8 Å². The fourth-order valence-electron chi connectivity index (χ4n) is 4.55. The molecule has 0 atom stereocenters. The molecule has 5 rings (SSSR count). The molecule has 3 heterocycles. The number of nitriles is 1. The van der Waals surface area contributed by atoms with Crippen molar-refractivity contribution in [2.45, 2.75) is 0 Å². The molecule has 1 aliphatic rings. The van der Waals surface area contributed by atoms with Gasteiger partial charge in [-0.2, -0.15) is 5.26 Å². The van der Waals surface area contributed by atoms with Gasteiger partial charge in [0.2, 0.25) is 0 Å². The Morgan fingerprint density at radius 1 is 0.974 bits per heavy atom. The molecule has 39 heavy (non-hydrogen) atoms. The number of fused-ring (bicyclic) bond motifs is 2. The second-order valence-corrected chi connectivity index (χ2v) is 10.1. The molecule has 2 aromatic heterocycles. The minimum atomic E-state index is 0.337. The van der Waals surface area contributed by atoms with Crippen LogP contribution in [0.2, 0.25) is 10.0 Å². The molecule has 0 unspecified atom stereocenters. The number of benzene rings is 2. The second-order valence-electron chi connectivity index (χ2n) is 9.30. The van der Waals surface area contributed by atoms with Crippen LogP contribution in [0.4, 0.5) is 11.4 Å². The molecule has 1 N–H and O–H groups in total. The lowest BCUT2D eigenvalue weighted by Crippen LogP contribution is -2.45. The summed E-state index contributed by atoms with van der Waals surface area (Å²) < 4.78 is 17.1. The van der Waals surface area contributed by atoms with E-state index >= 15 is 0 Å². The fraction of sp³-hybridized carbons (Fsp3) is 0.321. The van der Waals surface area contributed by atoms with Crippen LogP contribution in [0, 0.1) is 11.3 Å². The lowest BCUT2D eigenvalue weighted by atomic mass is 10.1. The third kappa shape index (κ3) is 5.75. The van der Waals surface area contributed by atoms with E-state index < -0.39 is 0 Å². The largest absolute Gasteiger partial charge is 0.495 e. The lowest BCUT2D eigenvalue weighted by Gasteiger charge is -2.32. The molecule has 11 heteroatoms. The zero-order valence-electron chi connectivity index (χ0n) is 21.9. The summed E-state index contributed by atoms with van der Waals surface area (Å²) in [5.41, 5.74) is 2.56. The number of aromatic nitrogens is 2. The molecule has 0 spiro atoms. The maximum absolute atomic E-state index is 9.82. The van der Waals surface area contributed by atoms with Crippen molar-refractivity contribution < 1.29 is 14.2 Å². The molecule has 0 aliphatic carbocycles. The molecule has 9 nitrogen and oxygen atoms in total. The van der Waals surface area contributed by atoms with Crippen molar-refractivity contribution in [3.8, 4) is 23.3 Å². The number of nitrogens with one attached hydrogen (secondary N) is 1. The van der Waals surface area contributed by atoms with Crippen LogP contribution < -0.4 is 19.5 Å². The maximum Gasteiger partial charge on any atom is 0.163 e. The van der Waals surface area contributed by atoms with E-state index in [0.29, 0.717) is 67.4 Å². The summed E-state index contributed by atoms with van der Waals surface area (Å²) in [6, 6.07) is 11.1. The molecular formula is C28H28Cl2N6O3. The number of ether oxygens (including phenoxy) is 3. The molecule has 2 aromatic carbocycles. The van der Waals surface area contributed by atoms with Gasteiger partial charge in [0, 0.05) is 61.8 Å². The van der Waals surface area contributed by atoms with Crippen molar-refractivity contribution in [1.29, 1.82) is 5.26 Å². The van der Waals surface area contributed by atoms with Gasteiger partial charge in [-0.15, -0.1) is 0 Å². The number of methoxy groups -OCH3 is 2. The zero-order valence-corrected chi connectivity index (χ0v) is 23.4. The van der Waals surface area contributed by atoms with Gasteiger partial charge in [0.05, 0.1) is 46.7 Å². The van der Waals surface area contributed by atoms with Crippen LogP contribution in [0.1, 0.15) is 5.56 Å². The Kier molecular flexibility index (Phi) is 8.10. The standard InChI is InChI=1S/C28H28Cl2N6O3/c1-35-4-6-36(7-5-35)8-9-39-26-13-22-17(11-25(26)38-3)10-19-27(18(15-31)16-32-28(19)34-22)33-23-14-24(37-2)21(30)12-20(23)29/h10-14,16H,4-9H2,1-3H3,(H,32,33,34). The first-order valence-electron chi connectivity index (χ1n) is 12.5. The number of hydrogen-bond acceptors (Lipinski definition) is 9. The number of anilines is 2. The van der Waals surface area contributed by atoms with E-state index in [0.717, 1.165) is 38.1 Å². The summed E-state index contributed by atoms with van der Waals surface area (Å²) >= 11 is 12.7. The van der Waals surface area contributed by atoms with Gasteiger partial charge in [-0.25, -0.2) is 9.97 Å². The smallest absolute Gasteiger partial charge is 0.163 e. The minimum absolute atomic E-state index is 0.337. The predicted octanol–water partition coefficient (Wildman–Crippen LogP) is 5.35. The Labute approximate surface area is 236 Å². The first-order chi connectivity index (χ1) is 18.9. The van der Waals surface area contributed by atoms with Crippen LogP contribution in [0.5, 0.6) is 17.2 Å². The van der Waals surface area contributed by atoms with Crippen LogP contribution in [-0.4, -0.2) is 80.4 Å². The van der Waals surface area contributed by atoms with Crippen molar-refractivity contribution in [3.63, 3.8) is 0 Å². The van der Waals surface area contributed by atoms with Gasteiger partial charge in [0.1, 0.15) is 18.4 Å². The minimum Gasteiger partial charge on any atom is -0.495 e. The number of pyridine rings is 2. The number of likely N-dealkylation sites (N-methyl/N-ethyl adjacent to an activating group) is 1. The van der Waals surface area contributed by atoms with E-state index in [1.165, 1.54) is 13.3 Å². The van der Waals surface area contributed by atoms with Gasteiger partial charge in [0.15, 0.2) is 17.1 Å². The topological polar surface area (TPSA) is 95.8 Å². The molecule has 202 valence electrons. The Balaban J connectivity index is 1.48. The van der Waals surface area contributed by atoms with Gasteiger partial charge in [-0.05, 0) is 25.2 Å². The zero-order chi connectivity index (χ0) is 27.5. The molecular weight excluding hydrogens is 539 g/mol. The second kappa shape index (κ2) is 11.7. The Morgan fingerprint density at radius 3 is 2.46 bits per heavy atom. The summed E-state index contributed by atoms with van der Waals surface area (Å²) in [5.74, 6) is 1.68. The summed E-state index contributed by atoms with van der Waals surface area (Å²) in [7, 11) is 5.28. The van der Waals surface area contributed by atoms with Gasteiger partial charge >= 0.3 is 0 Å². The average Bonchev–Trinajstić information content (AvgIpc) is 2.94. The number of rotatable bonds is 8. The highest BCUT2D eigenvalue weighted by Gasteiger charge is 2.17. The Hall–Kier alpha value is -3.55. The van der Waals surface area contributed by atoms with Crippen LogP contribution in [0.15, 0.2) is 36.5 Å². The van der Waals surface area contributed by atoms with E-state index in [1.807, 2.05) is 18.2 Å². The van der Waals surface area contributed by atoms with E-state index in [9.17, 15) is 5.26 Å². The maximum atomic E-state index is 9.82. The van der Waals surface area contributed by atoms with Gasteiger partial charge in [-0.3, -0.25) is 4.90 Å². The van der Waals surface area contributed by atoms with Crippen LogP contribution in [0.25, 0.3) is 21.9 Å². The summed E-state index contributed by atoms with van der Waals surface area (Å²) in [4.78, 5) is 13.9.